The SMILES string of the molecule is C[C@H](C/C=N/O)CCCC(C)(C)O. The van der Waals surface area contributed by atoms with E-state index in [2.05, 4.69) is 12.1 Å². The van der Waals surface area contributed by atoms with Gasteiger partial charge in [0.25, 0.3) is 0 Å². The van der Waals surface area contributed by atoms with Gasteiger partial charge in [-0.25, -0.2) is 0 Å². The molecule has 0 rings (SSSR count). The van der Waals surface area contributed by atoms with Crippen LogP contribution in [0.1, 0.15) is 46.5 Å². The molecule has 0 spiro atoms. The third kappa shape index (κ3) is 9.34. The van der Waals surface area contributed by atoms with Gasteiger partial charge in [0.05, 0.1) is 5.60 Å². The molecule has 3 heteroatoms. The molecule has 0 bridgehead atoms. The maximum Gasteiger partial charge on any atom is 0.0591 e. The summed E-state index contributed by atoms with van der Waals surface area (Å²) in [5.74, 6) is 0.526. The fraction of sp³-hybridized carbons (Fsp3) is 0.900. The van der Waals surface area contributed by atoms with Gasteiger partial charge >= 0.3 is 0 Å². The van der Waals surface area contributed by atoms with E-state index in [0.717, 1.165) is 25.7 Å². The molecule has 0 unspecified atom stereocenters. The third-order valence-electron chi connectivity index (χ3n) is 2.07. The lowest BCUT2D eigenvalue weighted by atomic mass is 9.95. The zero-order valence-electron chi connectivity index (χ0n) is 8.82. The fourth-order valence-corrected chi connectivity index (χ4v) is 1.23. The first-order valence-electron chi connectivity index (χ1n) is 4.84. The molecule has 13 heavy (non-hydrogen) atoms. The Bertz CT molecular complexity index is 149. The summed E-state index contributed by atoms with van der Waals surface area (Å²) in [6.45, 7) is 5.77. The van der Waals surface area contributed by atoms with E-state index in [1.807, 2.05) is 13.8 Å². The summed E-state index contributed by atoms with van der Waals surface area (Å²) in [6, 6.07) is 0. The Balaban J connectivity index is 3.42. The molecule has 0 aliphatic carbocycles. The van der Waals surface area contributed by atoms with Crippen LogP contribution in [0.2, 0.25) is 0 Å². The zero-order valence-corrected chi connectivity index (χ0v) is 8.82. The topological polar surface area (TPSA) is 52.8 Å². The van der Waals surface area contributed by atoms with Crippen LogP contribution in [0.25, 0.3) is 0 Å². The van der Waals surface area contributed by atoms with Crippen LogP contribution in [0, 0.1) is 5.92 Å². The van der Waals surface area contributed by atoms with Crippen molar-refractivity contribution in [3.05, 3.63) is 0 Å². The van der Waals surface area contributed by atoms with Gasteiger partial charge in [-0.1, -0.05) is 19.8 Å². The van der Waals surface area contributed by atoms with Gasteiger partial charge in [-0.2, -0.15) is 0 Å². The first-order chi connectivity index (χ1) is 5.95. The van der Waals surface area contributed by atoms with Gasteiger partial charge in [0, 0.05) is 6.21 Å². The van der Waals surface area contributed by atoms with Crippen molar-refractivity contribution >= 4 is 6.21 Å². The summed E-state index contributed by atoms with van der Waals surface area (Å²) in [6.07, 6.45) is 5.24. The molecule has 0 fully saturated rings. The largest absolute Gasteiger partial charge is 0.411 e. The maximum atomic E-state index is 9.44. The highest BCUT2D eigenvalue weighted by atomic mass is 16.4. The number of hydrogen-bond donors (Lipinski definition) is 2. The monoisotopic (exact) mass is 187 g/mol. The van der Waals surface area contributed by atoms with Crippen LogP contribution in [-0.2, 0) is 0 Å². The van der Waals surface area contributed by atoms with Crippen molar-refractivity contribution in [1.29, 1.82) is 0 Å². The van der Waals surface area contributed by atoms with Gasteiger partial charge in [-0.05, 0) is 32.6 Å². The van der Waals surface area contributed by atoms with Crippen LogP contribution in [0.15, 0.2) is 5.16 Å². The standard InChI is InChI=1S/C10H21NO2/c1-9(6-8-11-13)5-4-7-10(2,3)12/h8-9,12-13H,4-7H2,1-3H3/b11-8+/t9-/m0/s1. The van der Waals surface area contributed by atoms with Crippen LogP contribution in [0.5, 0.6) is 0 Å². The van der Waals surface area contributed by atoms with E-state index in [9.17, 15) is 5.11 Å². The molecule has 1 atom stereocenters. The van der Waals surface area contributed by atoms with Crippen molar-refractivity contribution in [3.63, 3.8) is 0 Å². The minimum absolute atomic E-state index is 0.526. The van der Waals surface area contributed by atoms with Crippen molar-refractivity contribution in [2.75, 3.05) is 0 Å². The average molecular weight is 187 g/mol. The summed E-state index contributed by atoms with van der Waals surface area (Å²) in [7, 11) is 0. The van der Waals surface area contributed by atoms with E-state index in [1.54, 1.807) is 0 Å². The Morgan fingerprint density at radius 3 is 2.54 bits per heavy atom. The average Bonchev–Trinajstić information content (AvgIpc) is 1.98. The molecule has 0 saturated heterocycles. The van der Waals surface area contributed by atoms with E-state index in [0.29, 0.717) is 5.92 Å². The molecule has 3 nitrogen and oxygen atoms in total. The smallest absolute Gasteiger partial charge is 0.0591 e. The predicted octanol–water partition coefficient (Wildman–Crippen LogP) is 2.41. The van der Waals surface area contributed by atoms with Crippen LogP contribution >= 0.6 is 0 Å². The van der Waals surface area contributed by atoms with Gasteiger partial charge in [-0.15, -0.1) is 5.16 Å². The number of aliphatic hydroxyl groups is 1. The third-order valence-corrected chi connectivity index (χ3v) is 2.07. The first kappa shape index (κ1) is 12.4. The molecule has 0 aromatic heterocycles. The van der Waals surface area contributed by atoms with Crippen molar-refractivity contribution in [1.82, 2.24) is 0 Å². The highest BCUT2D eigenvalue weighted by Gasteiger charge is 2.12. The zero-order chi connectivity index (χ0) is 10.3. The van der Waals surface area contributed by atoms with Gasteiger partial charge in [-0.3, -0.25) is 0 Å². The van der Waals surface area contributed by atoms with Crippen molar-refractivity contribution in [2.45, 2.75) is 52.1 Å². The number of hydrogen-bond acceptors (Lipinski definition) is 3. The Morgan fingerprint density at radius 1 is 1.46 bits per heavy atom. The molecular weight excluding hydrogens is 166 g/mol. The highest BCUT2D eigenvalue weighted by Crippen LogP contribution is 2.16. The summed E-state index contributed by atoms with van der Waals surface area (Å²) < 4.78 is 0. The Hall–Kier alpha value is -0.570. The highest BCUT2D eigenvalue weighted by molar-refractivity contribution is 5.56. The lowest BCUT2D eigenvalue weighted by molar-refractivity contribution is 0.0671. The number of rotatable bonds is 6. The molecule has 78 valence electrons. The van der Waals surface area contributed by atoms with Gasteiger partial charge < -0.3 is 10.3 Å². The molecule has 0 radical (unpaired) electrons. The van der Waals surface area contributed by atoms with E-state index in [4.69, 9.17) is 5.21 Å². The van der Waals surface area contributed by atoms with E-state index in [1.165, 1.54) is 6.21 Å². The summed E-state index contributed by atoms with van der Waals surface area (Å²) in [4.78, 5) is 0. The van der Waals surface area contributed by atoms with Crippen molar-refractivity contribution < 1.29 is 10.3 Å². The van der Waals surface area contributed by atoms with E-state index in [-0.39, 0.29) is 0 Å². The fourth-order valence-electron chi connectivity index (χ4n) is 1.23. The molecule has 0 amide bonds. The maximum absolute atomic E-state index is 9.44. The molecule has 2 N–H and O–H groups in total. The molecule has 0 saturated carbocycles. The lowest BCUT2D eigenvalue weighted by Gasteiger charge is -2.17. The second kappa shape index (κ2) is 5.97. The van der Waals surface area contributed by atoms with Crippen molar-refractivity contribution in [2.24, 2.45) is 11.1 Å². The van der Waals surface area contributed by atoms with E-state index < -0.39 is 5.60 Å². The predicted molar refractivity (Wildman–Crippen MR) is 54.2 cm³/mol. The van der Waals surface area contributed by atoms with Crippen LogP contribution in [-0.4, -0.2) is 22.1 Å². The van der Waals surface area contributed by atoms with Gasteiger partial charge in [0.1, 0.15) is 0 Å². The molecule has 0 aromatic rings. The Kier molecular flexibility index (Phi) is 5.71. The van der Waals surface area contributed by atoms with Gasteiger partial charge in [0.2, 0.25) is 0 Å². The van der Waals surface area contributed by atoms with E-state index >= 15 is 0 Å². The quantitative estimate of drug-likeness (QED) is 0.381. The minimum Gasteiger partial charge on any atom is -0.411 e. The number of oxime groups is 1. The van der Waals surface area contributed by atoms with Crippen LogP contribution in [0.3, 0.4) is 0 Å². The second-order valence-electron chi connectivity index (χ2n) is 4.34. The summed E-state index contributed by atoms with van der Waals surface area (Å²) >= 11 is 0. The minimum atomic E-state index is -0.551. The summed E-state index contributed by atoms with van der Waals surface area (Å²) in [5.41, 5.74) is -0.551. The number of nitrogens with zero attached hydrogens (tertiary/aromatic N) is 1. The van der Waals surface area contributed by atoms with Crippen LogP contribution < -0.4 is 0 Å². The lowest BCUT2D eigenvalue weighted by Crippen LogP contribution is -2.18. The normalized spacial score (nSPS) is 15.1. The summed E-state index contributed by atoms with van der Waals surface area (Å²) in [5, 5.41) is 20.6. The molecule has 0 aliphatic heterocycles. The van der Waals surface area contributed by atoms with Crippen molar-refractivity contribution in [3.8, 4) is 0 Å². The second-order valence-corrected chi connectivity index (χ2v) is 4.34. The molecule has 0 aromatic carbocycles. The first-order valence-corrected chi connectivity index (χ1v) is 4.84. The molecular formula is C10H21NO2. The Morgan fingerprint density at radius 2 is 2.08 bits per heavy atom. The van der Waals surface area contributed by atoms with Gasteiger partial charge in [0.15, 0.2) is 0 Å². The molecule has 0 aliphatic rings. The Labute approximate surface area is 80.5 Å². The molecule has 0 heterocycles. The van der Waals surface area contributed by atoms with Crippen LogP contribution in [0.4, 0.5) is 0 Å².